The van der Waals surface area contributed by atoms with Gasteiger partial charge in [-0.25, -0.2) is 8.42 Å². The van der Waals surface area contributed by atoms with Crippen LogP contribution in [-0.4, -0.2) is 32.0 Å². The molecule has 0 radical (unpaired) electrons. The van der Waals surface area contributed by atoms with Gasteiger partial charge in [-0.2, -0.15) is 0 Å². The Balaban J connectivity index is 2.55. The summed E-state index contributed by atoms with van der Waals surface area (Å²) in [6, 6.07) is 0.897. The topological polar surface area (TPSA) is 46.2 Å². The van der Waals surface area contributed by atoms with Gasteiger partial charge in [0, 0.05) is 18.3 Å². The van der Waals surface area contributed by atoms with E-state index in [0.29, 0.717) is 18.0 Å². The highest BCUT2D eigenvalue weighted by Gasteiger charge is 2.29. The molecule has 0 aromatic heterocycles. The van der Waals surface area contributed by atoms with Crippen LogP contribution >= 0.6 is 0 Å². The van der Waals surface area contributed by atoms with Crippen molar-refractivity contribution >= 4 is 9.84 Å². The summed E-state index contributed by atoms with van der Waals surface area (Å²) >= 11 is 0. The lowest BCUT2D eigenvalue weighted by atomic mass is 9.92. The van der Waals surface area contributed by atoms with Crippen LogP contribution in [0.1, 0.15) is 52.9 Å². The van der Waals surface area contributed by atoms with Crippen molar-refractivity contribution in [3.05, 3.63) is 0 Å². The molecule has 0 heterocycles. The molecule has 0 amide bonds. The molecule has 0 saturated heterocycles. The maximum Gasteiger partial charge on any atom is 0.150 e. The van der Waals surface area contributed by atoms with Crippen molar-refractivity contribution in [2.75, 3.05) is 6.26 Å². The molecular formula is C13H27NO2S. The summed E-state index contributed by atoms with van der Waals surface area (Å²) in [7, 11) is -2.86. The maximum absolute atomic E-state index is 11.6. The van der Waals surface area contributed by atoms with Gasteiger partial charge in [0.1, 0.15) is 9.84 Å². The first-order chi connectivity index (χ1) is 7.84. The number of hydrogen-bond acceptors (Lipinski definition) is 3. The Bertz CT molecular complexity index is 324. The Morgan fingerprint density at radius 2 is 1.94 bits per heavy atom. The average Bonchev–Trinajstić information content (AvgIpc) is 2.24. The van der Waals surface area contributed by atoms with E-state index in [1.165, 1.54) is 6.26 Å². The Kier molecular flexibility index (Phi) is 5.45. The Labute approximate surface area is 106 Å². The van der Waals surface area contributed by atoms with Crippen LogP contribution in [0.4, 0.5) is 0 Å². The Morgan fingerprint density at radius 1 is 1.29 bits per heavy atom. The van der Waals surface area contributed by atoms with Gasteiger partial charge in [0.25, 0.3) is 0 Å². The van der Waals surface area contributed by atoms with Crippen molar-refractivity contribution in [2.24, 2.45) is 5.92 Å². The molecule has 0 aliphatic heterocycles. The summed E-state index contributed by atoms with van der Waals surface area (Å²) < 4.78 is 23.2. The van der Waals surface area contributed by atoms with E-state index in [1.807, 2.05) is 0 Å². The molecule has 1 rings (SSSR count). The SMILES string of the molecule is CCC(NC1CCCC(S(C)(=O)=O)C1)C(C)C. The fourth-order valence-corrected chi connectivity index (χ4v) is 3.95. The molecule has 3 nitrogen and oxygen atoms in total. The Morgan fingerprint density at radius 3 is 2.41 bits per heavy atom. The molecule has 102 valence electrons. The van der Waals surface area contributed by atoms with Gasteiger partial charge < -0.3 is 5.32 Å². The molecule has 0 bridgehead atoms. The molecule has 0 spiro atoms. The van der Waals surface area contributed by atoms with Gasteiger partial charge >= 0.3 is 0 Å². The smallest absolute Gasteiger partial charge is 0.150 e. The molecule has 0 aromatic carbocycles. The van der Waals surface area contributed by atoms with Gasteiger partial charge in [-0.3, -0.25) is 0 Å². The second kappa shape index (κ2) is 6.19. The van der Waals surface area contributed by atoms with Crippen LogP contribution in [0.5, 0.6) is 0 Å². The molecule has 1 saturated carbocycles. The third kappa shape index (κ3) is 4.59. The molecule has 3 atom stereocenters. The van der Waals surface area contributed by atoms with Crippen molar-refractivity contribution in [3.8, 4) is 0 Å². The minimum atomic E-state index is -2.86. The standard InChI is InChI=1S/C13H27NO2S/c1-5-13(10(2)3)14-11-7-6-8-12(9-11)17(4,15)16/h10-14H,5-9H2,1-4H3. The highest BCUT2D eigenvalue weighted by molar-refractivity contribution is 7.91. The monoisotopic (exact) mass is 261 g/mol. The van der Waals surface area contributed by atoms with Crippen LogP contribution in [0.25, 0.3) is 0 Å². The predicted octanol–water partition coefficient (Wildman–Crippen LogP) is 2.37. The van der Waals surface area contributed by atoms with Crippen molar-refractivity contribution in [1.29, 1.82) is 0 Å². The van der Waals surface area contributed by atoms with E-state index in [2.05, 4.69) is 26.1 Å². The lowest BCUT2D eigenvalue weighted by Crippen LogP contribution is -2.45. The highest BCUT2D eigenvalue weighted by Crippen LogP contribution is 2.25. The van der Waals surface area contributed by atoms with Crippen molar-refractivity contribution < 1.29 is 8.42 Å². The van der Waals surface area contributed by atoms with Gasteiger partial charge in [0.05, 0.1) is 5.25 Å². The van der Waals surface area contributed by atoms with Crippen LogP contribution in [0, 0.1) is 5.92 Å². The summed E-state index contributed by atoms with van der Waals surface area (Å²) in [5, 5.41) is 3.52. The van der Waals surface area contributed by atoms with Gasteiger partial charge in [-0.15, -0.1) is 0 Å². The van der Waals surface area contributed by atoms with Crippen LogP contribution in [0.2, 0.25) is 0 Å². The molecule has 1 aliphatic carbocycles. The fraction of sp³-hybridized carbons (Fsp3) is 1.00. The summed E-state index contributed by atoms with van der Waals surface area (Å²) in [6.07, 6.45) is 6.27. The van der Waals surface area contributed by atoms with Crippen LogP contribution in [0.3, 0.4) is 0 Å². The third-order valence-corrected chi connectivity index (χ3v) is 5.57. The quantitative estimate of drug-likeness (QED) is 0.826. The zero-order valence-corrected chi connectivity index (χ0v) is 12.4. The number of nitrogens with one attached hydrogen (secondary N) is 1. The molecule has 17 heavy (non-hydrogen) atoms. The van der Waals surface area contributed by atoms with Gasteiger partial charge in [-0.1, -0.05) is 27.2 Å². The highest BCUT2D eigenvalue weighted by atomic mass is 32.2. The third-order valence-electron chi connectivity index (χ3n) is 3.93. The van der Waals surface area contributed by atoms with Crippen LogP contribution in [-0.2, 0) is 9.84 Å². The normalized spacial score (nSPS) is 28.3. The van der Waals surface area contributed by atoms with E-state index in [0.717, 1.165) is 32.1 Å². The van der Waals surface area contributed by atoms with E-state index in [-0.39, 0.29) is 5.25 Å². The molecule has 1 N–H and O–H groups in total. The fourth-order valence-electron chi connectivity index (χ4n) is 2.77. The first-order valence-electron chi connectivity index (χ1n) is 6.79. The lowest BCUT2D eigenvalue weighted by molar-refractivity contribution is 0.292. The summed E-state index contributed by atoms with van der Waals surface area (Å²) in [5.74, 6) is 0.610. The van der Waals surface area contributed by atoms with E-state index >= 15 is 0 Å². The average molecular weight is 261 g/mol. The van der Waals surface area contributed by atoms with Crippen molar-refractivity contribution in [3.63, 3.8) is 0 Å². The Hall–Kier alpha value is -0.0900. The second-order valence-electron chi connectivity index (χ2n) is 5.74. The molecule has 0 aromatic rings. The zero-order valence-electron chi connectivity index (χ0n) is 11.6. The first-order valence-corrected chi connectivity index (χ1v) is 8.75. The largest absolute Gasteiger partial charge is 0.311 e. The van der Waals surface area contributed by atoms with Gasteiger partial charge in [0.15, 0.2) is 0 Å². The number of rotatable bonds is 5. The van der Waals surface area contributed by atoms with E-state index < -0.39 is 9.84 Å². The number of hydrogen-bond donors (Lipinski definition) is 1. The van der Waals surface area contributed by atoms with Gasteiger partial charge in [-0.05, 0) is 31.6 Å². The number of sulfone groups is 1. The van der Waals surface area contributed by atoms with Crippen molar-refractivity contribution in [2.45, 2.75) is 70.2 Å². The van der Waals surface area contributed by atoms with E-state index in [4.69, 9.17) is 0 Å². The zero-order chi connectivity index (χ0) is 13.1. The minimum Gasteiger partial charge on any atom is -0.311 e. The molecule has 1 fully saturated rings. The molecule has 1 aliphatic rings. The van der Waals surface area contributed by atoms with E-state index in [1.54, 1.807) is 0 Å². The van der Waals surface area contributed by atoms with Crippen molar-refractivity contribution in [1.82, 2.24) is 5.32 Å². The van der Waals surface area contributed by atoms with Crippen LogP contribution < -0.4 is 5.32 Å². The summed E-state index contributed by atoms with van der Waals surface area (Å²) in [6.45, 7) is 6.63. The summed E-state index contributed by atoms with van der Waals surface area (Å²) in [5.41, 5.74) is 0. The lowest BCUT2D eigenvalue weighted by Gasteiger charge is -2.33. The molecular weight excluding hydrogens is 234 g/mol. The first kappa shape index (κ1) is 15.0. The van der Waals surface area contributed by atoms with Crippen LogP contribution in [0.15, 0.2) is 0 Å². The molecule has 3 unspecified atom stereocenters. The summed E-state index contributed by atoms with van der Waals surface area (Å²) in [4.78, 5) is 0. The van der Waals surface area contributed by atoms with E-state index in [9.17, 15) is 8.42 Å². The van der Waals surface area contributed by atoms with Gasteiger partial charge in [0.2, 0.25) is 0 Å². The molecule has 4 heteroatoms. The second-order valence-corrected chi connectivity index (χ2v) is 8.07. The predicted molar refractivity (Wildman–Crippen MR) is 72.9 cm³/mol. The minimum absolute atomic E-state index is 0.126. The maximum atomic E-state index is 11.6.